The van der Waals surface area contributed by atoms with Gasteiger partial charge in [0.15, 0.2) is 0 Å². The molecule has 0 fully saturated rings. The summed E-state index contributed by atoms with van der Waals surface area (Å²) in [5, 5.41) is 23.6. The molecule has 0 saturated heterocycles. The van der Waals surface area contributed by atoms with Crippen LogP contribution in [0.2, 0.25) is 0 Å². The van der Waals surface area contributed by atoms with Crippen LogP contribution < -0.4 is 5.32 Å². The van der Waals surface area contributed by atoms with Crippen molar-refractivity contribution in [1.29, 1.82) is 0 Å². The Kier molecular flexibility index (Phi) is 31.6. The van der Waals surface area contributed by atoms with Crippen molar-refractivity contribution in [1.82, 2.24) is 5.32 Å². The van der Waals surface area contributed by atoms with E-state index in [-0.39, 0.29) is 31.6 Å². The Bertz CT molecular complexity index is 1040. The van der Waals surface area contributed by atoms with E-state index in [4.69, 9.17) is 9.05 Å². The maximum atomic E-state index is 12.8. The van der Waals surface area contributed by atoms with E-state index in [9.17, 15) is 24.5 Å². The molecule has 0 rings (SSSR count). The summed E-state index contributed by atoms with van der Waals surface area (Å²) in [5.41, 5.74) is 0. The molecule has 1 amide bonds. The Morgan fingerprint density at radius 1 is 0.725 bits per heavy atom. The van der Waals surface area contributed by atoms with Crippen molar-refractivity contribution < 1.29 is 38.0 Å². The highest BCUT2D eigenvalue weighted by Crippen LogP contribution is 2.43. The fraction of sp³-hybridized carbons (Fsp3) is 0.732. The van der Waals surface area contributed by atoms with Gasteiger partial charge in [0.1, 0.15) is 13.2 Å². The van der Waals surface area contributed by atoms with Crippen LogP contribution in [-0.4, -0.2) is 84.6 Å². The SMILES string of the molecule is CCCCCCCCCCC/C=C/[C@@H](O)[C@H](COP(=O)(O)OCC[N+](C)(C)C)NC(=O)CCC/C=C\C/C=C\C/C=C\C=C\[C@@H](O)CCCCC. The molecule has 0 spiro atoms. The molecular weight excluding hydrogens is 663 g/mol. The second kappa shape index (κ2) is 32.8. The molecule has 296 valence electrons. The average molecular weight is 740 g/mol. The van der Waals surface area contributed by atoms with Crippen LogP contribution >= 0.6 is 7.82 Å². The molecule has 1 unspecified atom stereocenters. The standard InChI is InChI=1S/C41H75N2O7P/c1-6-8-10-11-12-13-15-19-22-25-29-33-40(45)39(37-50-51(47,48)49-36-35-43(3,4)5)42-41(46)34-30-26-23-20-17-14-16-18-21-24-28-32-38(44)31-27-9-7-2/h14,16,20-21,23-24,28-29,32-33,38-40,44-45H,6-13,15,17-19,22,25-27,30-31,34-37H2,1-5H3,(H-,42,46,47,48)/p+1/b16-14-,23-20-,24-21-,32-28+,33-29+/t38-,39-,40+/m0/s1. The first-order valence-corrected chi connectivity index (χ1v) is 21.3. The highest BCUT2D eigenvalue weighted by Gasteiger charge is 2.27. The van der Waals surface area contributed by atoms with Crippen molar-refractivity contribution in [3.8, 4) is 0 Å². The van der Waals surface area contributed by atoms with Crippen molar-refractivity contribution in [3.63, 3.8) is 0 Å². The van der Waals surface area contributed by atoms with Gasteiger partial charge < -0.3 is 24.9 Å². The molecule has 4 atom stereocenters. The van der Waals surface area contributed by atoms with Gasteiger partial charge in [-0.2, -0.15) is 0 Å². The van der Waals surface area contributed by atoms with E-state index >= 15 is 0 Å². The van der Waals surface area contributed by atoms with Crippen LogP contribution in [0.25, 0.3) is 0 Å². The highest BCUT2D eigenvalue weighted by molar-refractivity contribution is 7.47. The second-order valence-electron chi connectivity index (χ2n) is 14.5. The van der Waals surface area contributed by atoms with Crippen LogP contribution in [0.1, 0.15) is 136 Å². The van der Waals surface area contributed by atoms with Gasteiger partial charge in [-0.1, -0.05) is 145 Å². The van der Waals surface area contributed by atoms with E-state index in [1.807, 2.05) is 45.4 Å². The molecule has 4 N–H and O–H groups in total. The van der Waals surface area contributed by atoms with Crippen molar-refractivity contribution in [3.05, 3.63) is 60.8 Å². The molecule has 0 aliphatic heterocycles. The minimum absolute atomic E-state index is 0.0402. The number of phosphoric ester groups is 1. The van der Waals surface area contributed by atoms with Crippen LogP contribution in [0.4, 0.5) is 0 Å². The zero-order valence-electron chi connectivity index (χ0n) is 32.9. The lowest BCUT2D eigenvalue weighted by molar-refractivity contribution is -0.870. The molecule has 0 radical (unpaired) electrons. The molecule has 0 aliphatic carbocycles. The van der Waals surface area contributed by atoms with Crippen molar-refractivity contribution in [2.75, 3.05) is 40.9 Å². The van der Waals surface area contributed by atoms with Gasteiger partial charge in [0.25, 0.3) is 0 Å². The molecule has 0 heterocycles. The number of likely N-dealkylation sites (N-methyl/N-ethyl adjacent to an activating group) is 1. The van der Waals surface area contributed by atoms with Gasteiger partial charge in [0, 0.05) is 6.42 Å². The topological polar surface area (TPSA) is 125 Å². The number of nitrogens with one attached hydrogen (secondary N) is 1. The summed E-state index contributed by atoms with van der Waals surface area (Å²) >= 11 is 0. The highest BCUT2D eigenvalue weighted by atomic mass is 31.2. The number of amides is 1. The number of hydrogen-bond acceptors (Lipinski definition) is 6. The summed E-state index contributed by atoms with van der Waals surface area (Å²) < 4.78 is 23.4. The summed E-state index contributed by atoms with van der Waals surface area (Å²) in [4.78, 5) is 23.0. The van der Waals surface area contributed by atoms with Crippen molar-refractivity contribution in [2.24, 2.45) is 0 Å². The van der Waals surface area contributed by atoms with Crippen molar-refractivity contribution >= 4 is 13.7 Å². The number of nitrogens with zero attached hydrogens (tertiary/aromatic N) is 1. The third-order valence-electron chi connectivity index (χ3n) is 8.34. The van der Waals surface area contributed by atoms with Crippen LogP contribution in [-0.2, 0) is 18.4 Å². The summed E-state index contributed by atoms with van der Waals surface area (Å²) in [6.07, 6.45) is 37.6. The van der Waals surface area contributed by atoms with Crippen molar-refractivity contribution in [2.45, 2.75) is 154 Å². The van der Waals surface area contributed by atoms with E-state index in [0.29, 0.717) is 17.4 Å². The molecular formula is C41H76N2O7P+. The van der Waals surface area contributed by atoms with Crippen LogP contribution in [0.5, 0.6) is 0 Å². The average Bonchev–Trinajstić information content (AvgIpc) is 3.06. The molecule has 0 bridgehead atoms. The van der Waals surface area contributed by atoms with Gasteiger partial charge in [-0.05, 0) is 44.9 Å². The monoisotopic (exact) mass is 740 g/mol. The lowest BCUT2D eigenvalue weighted by Gasteiger charge is -2.25. The van der Waals surface area contributed by atoms with E-state index in [1.165, 1.54) is 44.9 Å². The number of quaternary nitrogens is 1. The second-order valence-corrected chi connectivity index (χ2v) is 16.0. The molecule has 0 aromatic carbocycles. The first kappa shape index (κ1) is 49.2. The van der Waals surface area contributed by atoms with Gasteiger partial charge in [0.05, 0.1) is 46.0 Å². The molecule has 0 saturated carbocycles. The van der Waals surface area contributed by atoms with E-state index in [0.717, 1.165) is 64.2 Å². The fourth-order valence-corrected chi connectivity index (χ4v) is 5.82. The first-order chi connectivity index (χ1) is 24.4. The smallest absolute Gasteiger partial charge is 0.389 e. The third kappa shape index (κ3) is 35.0. The summed E-state index contributed by atoms with van der Waals surface area (Å²) in [5.74, 6) is -0.253. The zero-order valence-corrected chi connectivity index (χ0v) is 33.8. The number of carbonyl (C=O) groups is 1. The zero-order chi connectivity index (χ0) is 38.1. The predicted octanol–water partition coefficient (Wildman–Crippen LogP) is 9.27. The van der Waals surface area contributed by atoms with E-state index in [2.05, 4.69) is 49.5 Å². The molecule has 9 nitrogen and oxygen atoms in total. The maximum Gasteiger partial charge on any atom is 0.472 e. The molecule has 0 aromatic heterocycles. The fourth-order valence-electron chi connectivity index (χ4n) is 5.08. The molecule has 0 aliphatic rings. The first-order valence-electron chi connectivity index (χ1n) is 19.8. The van der Waals surface area contributed by atoms with Gasteiger partial charge >= 0.3 is 7.82 Å². The Morgan fingerprint density at radius 3 is 1.98 bits per heavy atom. The van der Waals surface area contributed by atoms with Gasteiger partial charge in [0.2, 0.25) is 5.91 Å². The van der Waals surface area contributed by atoms with Crippen LogP contribution in [0, 0.1) is 0 Å². The Labute approximate surface area is 312 Å². The minimum Gasteiger partial charge on any atom is -0.389 e. The number of carbonyl (C=O) groups excluding carboxylic acids is 1. The third-order valence-corrected chi connectivity index (χ3v) is 9.32. The number of rotatable bonds is 34. The quantitative estimate of drug-likeness (QED) is 0.0171. The number of aliphatic hydroxyl groups excluding tert-OH is 2. The Balaban J connectivity index is 4.66. The summed E-state index contributed by atoms with van der Waals surface area (Å²) in [7, 11) is 1.50. The maximum absolute atomic E-state index is 12.8. The number of aliphatic hydroxyl groups is 2. The number of unbranched alkanes of at least 4 members (excludes halogenated alkanes) is 12. The van der Waals surface area contributed by atoms with E-state index in [1.54, 1.807) is 6.08 Å². The largest absolute Gasteiger partial charge is 0.472 e. The molecule has 0 aromatic rings. The van der Waals surface area contributed by atoms with Crippen LogP contribution in [0.15, 0.2) is 60.8 Å². The molecule has 10 heteroatoms. The minimum atomic E-state index is -4.36. The normalized spacial score (nSPS) is 15.8. The van der Waals surface area contributed by atoms with Gasteiger partial charge in [-0.3, -0.25) is 13.8 Å². The van der Waals surface area contributed by atoms with E-state index < -0.39 is 20.0 Å². The number of hydrogen-bond donors (Lipinski definition) is 4. The van der Waals surface area contributed by atoms with Gasteiger partial charge in [-0.25, -0.2) is 4.57 Å². The summed E-state index contributed by atoms with van der Waals surface area (Å²) in [6, 6.07) is -0.888. The predicted molar refractivity (Wildman–Crippen MR) is 213 cm³/mol. The Hall–Kier alpha value is -1.84. The van der Waals surface area contributed by atoms with Crippen LogP contribution in [0.3, 0.4) is 0 Å². The Morgan fingerprint density at radius 2 is 1.31 bits per heavy atom. The lowest BCUT2D eigenvalue weighted by atomic mass is 10.1. The van der Waals surface area contributed by atoms with Gasteiger partial charge in [-0.15, -0.1) is 0 Å². The number of allylic oxidation sites excluding steroid dienone is 8. The number of phosphoric acid groups is 1. The lowest BCUT2D eigenvalue weighted by Crippen LogP contribution is -2.45. The molecule has 51 heavy (non-hydrogen) atoms. The summed E-state index contributed by atoms with van der Waals surface area (Å²) in [6.45, 7) is 4.59.